The second kappa shape index (κ2) is 13.5. The summed E-state index contributed by atoms with van der Waals surface area (Å²) < 4.78 is 34.7. The molecule has 3 aromatic carbocycles. The number of nitrogens with one attached hydrogen (secondary N) is 1. The van der Waals surface area contributed by atoms with Gasteiger partial charge in [-0.25, -0.2) is 8.42 Å². The maximum absolute atomic E-state index is 14.1. The molecule has 0 aliphatic rings. The van der Waals surface area contributed by atoms with Crippen molar-refractivity contribution >= 4 is 27.5 Å². The minimum absolute atomic E-state index is 0.0495. The summed E-state index contributed by atoms with van der Waals surface area (Å²) in [4.78, 5) is 28.5. The summed E-state index contributed by atoms with van der Waals surface area (Å²) in [5, 5.41) is 2.85. The summed E-state index contributed by atoms with van der Waals surface area (Å²) in [7, 11) is -2.73. The normalized spacial score (nSPS) is 11.9. The highest BCUT2D eigenvalue weighted by atomic mass is 32.2. The fourth-order valence-corrected chi connectivity index (χ4v) is 5.75. The highest BCUT2D eigenvalue weighted by Gasteiger charge is 2.33. The lowest BCUT2D eigenvalue weighted by Crippen LogP contribution is -2.51. The van der Waals surface area contributed by atoms with Gasteiger partial charge in [0.15, 0.2) is 0 Å². The van der Waals surface area contributed by atoms with E-state index in [2.05, 4.69) is 5.32 Å². The summed E-state index contributed by atoms with van der Waals surface area (Å²) in [6.07, 6.45) is 0.750. The van der Waals surface area contributed by atoms with Crippen LogP contribution in [0, 0.1) is 20.8 Å². The molecule has 0 aliphatic heterocycles. The third-order valence-corrected chi connectivity index (χ3v) is 8.42. The number of sulfonamides is 1. The van der Waals surface area contributed by atoms with Crippen molar-refractivity contribution in [2.45, 2.75) is 58.5 Å². The van der Waals surface area contributed by atoms with Crippen LogP contribution in [-0.2, 0) is 26.2 Å². The number of amides is 2. The average molecular weight is 566 g/mol. The Morgan fingerprint density at radius 3 is 2.20 bits per heavy atom. The van der Waals surface area contributed by atoms with E-state index >= 15 is 0 Å². The van der Waals surface area contributed by atoms with Gasteiger partial charge in [0, 0.05) is 13.1 Å². The first-order chi connectivity index (χ1) is 19.0. The minimum atomic E-state index is -4.18. The van der Waals surface area contributed by atoms with Crippen molar-refractivity contribution in [3.63, 3.8) is 0 Å². The SMILES string of the molecule is CCCNC(=O)[C@@H](C)N(Cc1cccc(C)c1)C(=O)CN(c1cc(C)ccc1OC)S(=O)(=O)c1ccc(C)cc1. The molecular weight excluding hydrogens is 526 g/mol. The lowest BCUT2D eigenvalue weighted by atomic mass is 10.1. The molecule has 0 aliphatic carbocycles. The average Bonchev–Trinajstić information content (AvgIpc) is 2.93. The molecule has 1 atom stereocenters. The lowest BCUT2D eigenvalue weighted by Gasteiger charge is -2.32. The summed E-state index contributed by atoms with van der Waals surface area (Å²) in [6.45, 7) is 9.37. The van der Waals surface area contributed by atoms with Crippen molar-refractivity contribution < 1.29 is 22.7 Å². The highest BCUT2D eigenvalue weighted by Crippen LogP contribution is 2.34. The lowest BCUT2D eigenvalue weighted by molar-refractivity contribution is -0.139. The number of hydrogen-bond acceptors (Lipinski definition) is 5. The Hall–Kier alpha value is -3.85. The van der Waals surface area contributed by atoms with Crippen LogP contribution in [0.4, 0.5) is 5.69 Å². The predicted octanol–water partition coefficient (Wildman–Crippen LogP) is 4.76. The maximum Gasteiger partial charge on any atom is 0.264 e. The van der Waals surface area contributed by atoms with Crippen LogP contribution in [0.1, 0.15) is 42.5 Å². The zero-order valence-electron chi connectivity index (χ0n) is 24.1. The summed E-state index contributed by atoms with van der Waals surface area (Å²) in [5.41, 5.74) is 3.81. The molecule has 0 heterocycles. The molecule has 40 heavy (non-hydrogen) atoms. The summed E-state index contributed by atoms with van der Waals surface area (Å²) in [6, 6.07) is 18.5. The number of carbonyl (C=O) groups excluding carboxylic acids is 2. The first-order valence-electron chi connectivity index (χ1n) is 13.3. The standard InChI is InChI=1S/C31H39N3O5S/c1-7-17-32-31(36)25(5)33(20-26-10-8-9-23(3)18-26)30(35)21-34(28-19-24(4)13-16-29(28)39-6)40(37,38)27-14-11-22(2)12-15-27/h8-16,18-19,25H,7,17,20-21H2,1-6H3,(H,32,36)/t25-/m1/s1. The quantitative estimate of drug-likeness (QED) is 0.342. The Balaban J connectivity index is 2.09. The van der Waals surface area contributed by atoms with Crippen LogP contribution in [0.15, 0.2) is 71.6 Å². The number of methoxy groups -OCH3 is 1. The van der Waals surface area contributed by atoms with Gasteiger partial charge in [-0.05, 0) is 69.5 Å². The van der Waals surface area contributed by atoms with Crippen molar-refractivity contribution in [3.8, 4) is 5.75 Å². The number of hydrogen-bond donors (Lipinski definition) is 1. The first-order valence-corrected chi connectivity index (χ1v) is 14.8. The van der Waals surface area contributed by atoms with Crippen LogP contribution >= 0.6 is 0 Å². The van der Waals surface area contributed by atoms with Crippen molar-refractivity contribution in [1.82, 2.24) is 10.2 Å². The van der Waals surface area contributed by atoms with E-state index in [-0.39, 0.29) is 23.0 Å². The molecule has 8 nitrogen and oxygen atoms in total. The van der Waals surface area contributed by atoms with Crippen LogP contribution in [0.3, 0.4) is 0 Å². The van der Waals surface area contributed by atoms with E-state index in [1.54, 1.807) is 31.2 Å². The monoisotopic (exact) mass is 565 g/mol. The number of ether oxygens (including phenoxy) is 1. The van der Waals surface area contributed by atoms with E-state index in [4.69, 9.17) is 4.74 Å². The van der Waals surface area contributed by atoms with Gasteiger partial charge in [0.1, 0.15) is 18.3 Å². The fraction of sp³-hybridized carbons (Fsp3) is 0.355. The molecule has 3 rings (SSSR count). The molecule has 1 N–H and O–H groups in total. The molecule has 214 valence electrons. The molecule has 9 heteroatoms. The number of carbonyl (C=O) groups is 2. The molecule has 0 spiro atoms. The number of aryl methyl sites for hydroxylation is 3. The molecule has 0 aromatic heterocycles. The second-order valence-corrected chi connectivity index (χ2v) is 11.8. The molecule has 0 saturated heterocycles. The Kier molecular flexibility index (Phi) is 10.3. The number of nitrogens with zero attached hydrogens (tertiary/aromatic N) is 2. The topological polar surface area (TPSA) is 96.0 Å². The van der Waals surface area contributed by atoms with E-state index < -0.39 is 28.5 Å². The predicted molar refractivity (Wildman–Crippen MR) is 158 cm³/mol. The second-order valence-electron chi connectivity index (χ2n) is 9.98. The molecule has 3 aromatic rings. The van der Waals surface area contributed by atoms with Gasteiger partial charge < -0.3 is 15.0 Å². The Bertz CT molecular complexity index is 1440. The first kappa shape index (κ1) is 30.7. The van der Waals surface area contributed by atoms with Crippen LogP contribution in [0.5, 0.6) is 5.75 Å². The zero-order valence-corrected chi connectivity index (χ0v) is 24.9. The molecule has 0 saturated carbocycles. The van der Waals surface area contributed by atoms with Gasteiger partial charge in [-0.3, -0.25) is 13.9 Å². The molecular formula is C31H39N3O5S. The van der Waals surface area contributed by atoms with Gasteiger partial charge in [-0.2, -0.15) is 0 Å². The Labute approximate surface area is 238 Å². The van der Waals surface area contributed by atoms with Crippen molar-refractivity contribution in [1.29, 1.82) is 0 Å². The van der Waals surface area contributed by atoms with Crippen molar-refractivity contribution in [2.75, 3.05) is 24.5 Å². The van der Waals surface area contributed by atoms with Crippen LogP contribution < -0.4 is 14.4 Å². The Morgan fingerprint density at radius 2 is 1.57 bits per heavy atom. The fourth-order valence-electron chi connectivity index (χ4n) is 4.33. The smallest absolute Gasteiger partial charge is 0.264 e. The maximum atomic E-state index is 14.1. The van der Waals surface area contributed by atoms with E-state index in [1.807, 2.05) is 58.0 Å². The van der Waals surface area contributed by atoms with E-state index in [0.717, 1.165) is 33.0 Å². The highest BCUT2D eigenvalue weighted by molar-refractivity contribution is 7.92. The number of anilines is 1. The van der Waals surface area contributed by atoms with Crippen LogP contribution in [0.25, 0.3) is 0 Å². The van der Waals surface area contributed by atoms with E-state index in [0.29, 0.717) is 12.3 Å². The molecule has 0 bridgehead atoms. The van der Waals surface area contributed by atoms with Crippen LogP contribution in [0.2, 0.25) is 0 Å². The largest absolute Gasteiger partial charge is 0.495 e. The zero-order chi connectivity index (χ0) is 29.4. The number of rotatable bonds is 12. The molecule has 0 radical (unpaired) electrons. The van der Waals surface area contributed by atoms with Gasteiger partial charge in [-0.1, -0.05) is 60.5 Å². The van der Waals surface area contributed by atoms with Gasteiger partial charge in [0.05, 0.1) is 17.7 Å². The van der Waals surface area contributed by atoms with Gasteiger partial charge in [0.25, 0.3) is 10.0 Å². The third-order valence-electron chi connectivity index (χ3n) is 6.64. The summed E-state index contributed by atoms with van der Waals surface area (Å²) >= 11 is 0. The van der Waals surface area contributed by atoms with Gasteiger partial charge in [0.2, 0.25) is 11.8 Å². The van der Waals surface area contributed by atoms with Gasteiger partial charge >= 0.3 is 0 Å². The van der Waals surface area contributed by atoms with Gasteiger partial charge in [-0.15, -0.1) is 0 Å². The third kappa shape index (κ3) is 7.41. The van der Waals surface area contributed by atoms with Crippen molar-refractivity contribution in [2.24, 2.45) is 0 Å². The summed E-state index contributed by atoms with van der Waals surface area (Å²) in [5.74, 6) is -0.503. The number of benzene rings is 3. The Morgan fingerprint density at radius 1 is 0.925 bits per heavy atom. The van der Waals surface area contributed by atoms with Crippen LogP contribution in [-0.4, -0.2) is 51.4 Å². The van der Waals surface area contributed by atoms with Crippen molar-refractivity contribution in [3.05, 3.63) is 89.0 Å². The minimum Gasteiger partial charge on any atom is -0.495 e. The molecule has 2 amide bonds. The van der Waals surface area contributed by atoms with E-state index in [9.17, 15) is 18.0 Å². The van der Waals surface area contributed by atoms with E-state index in [1.165, 1.54) is 24.1 Å². The molecule has 0 unspecified atom stereocenters. The molecule has 0 fully saturated rings.